The van der Waals surface area contributed by atoms with Gasteiger partial charge in [0.25, 0.3) is 0 Å². The number of fused-ring (bicyclic) bond motifs is 4. The molecule has 1 aromatic carbocycles. The third kappa shape index (κ3) is 2.79. The molecule has 5 atom stereocenters. The molecule has 0 spiro atoms. The smallest absolute Gasteiger partial charge is 0.111 e. The van der Waals surface area contributed by atoms with Crippen LogP contribution in [0.3, 0.4) is 0 Å². The molecule has 2 aromatic rings. The molecule has 0 aliphatic carbocycles. The van der Waals surface area contributed by atoms with Crippen LogP contribution in [0.5, 0.6) is 0 Å². The zero-order valence-corrected chi connectivity index (χ0v) is 15.9. The highest BCUT2D eigenvalue weighted by Gasteiger charge is 2.42. The molecule has 2 bridgehead atoms. The number of nitrogens with zero attached hydrogens (tertiary/aromatic N) is 2. The molecule has 3 aliphatic heterocycles. The molecule has 3 aliphatic rings. The van der Waals surface area contributed by atoms with Crippen LogP contribution < -0.4 is 0 Å². The van der Waals surface area contributed by atoms with Crippen molar-refractivity contribution in [3.8, 4) is 0 Å². The Bertz CT molecular complexity index is 720. The lowest BCUT2D eigenvalue weighted by atomic mass is 9.74. The van der Waals surface area contributed by atoms with Crippen molar-refractivity contribution < 1.29 is 3.07 Å². The number of rotatable bonds is 3. The van der Waals surface area contributed by atoms with Crippen LogP contribution in [0, 0.1) is 18.8 Å². The summed E-state index contributed by atoms with van der Waals surface area (Å²) in [6, 6.07) is 9.14. The second-order valence-corrected chi connectivity index (χ2v) is 7.76. The fourth-order valence-corrected chi connectivity index (χ4v) is 5.11. The molecular weight excluding hydrogens is 399 g/mol. The second kappa shape index (κ2) is 6.30. The largest absolute Gasteiger partial charge is 0.306 e. The number of hydrogen-bond donors (Lipinski definition) is 0. The predicted molar refractivity (Wildman–Crippen MR) is 102 cm³/mol. The third-order valence-corrected chi connectivity index (χ3v) is 6.36. The summed E-state index contributed by atoms with van der Waals surface area (Å²) >= 11 is 2.10. The molecular formula is C19H23IN2O. The molecule has 5 rings (SSSR count). The molecule has 1 aromatic heterocycles. The van der Waals surface area contributed by atoms with Gasteiger partial charge in [-0.3, -0.25) is 9.88 Å². The van der Waals surface area contributed by atoms with Crippen LogP contribution in [0.15, 0.2) is 30.5 Å². The molecule has 3 saturated heterocycles. The van der Waals surface area contributed by atoms with Gasteiger partial charge in [0, 0.05) is 24.2 Å². The zero-order valence-electron chi connectivity index (χ0n) is 13.7. The van der Waals surface area contributed by atoms with Crippen LogP contribution in [-0.2, 0) is 3.07 Å². The second-order valence-electron chi connectivity index (χ2n) is 7.25. The molecule has 4 heterocycles. The Morgan fingerprint density at radius 3 is 2.91 bits per heavy atom. The van der Waals surface area contributed by atoms with E-state index < -0.39 is 0 Å². The summed E-state index contributed by atoms with van der Waals surface area (Å²) in [7, 11) is 0. The molecule has 23 heavy (non-hydrogen) atoms. The van der Waals surface area contributed by atoms with E-state index in [1.54, 1.807) is 0 Å². The Morgan fingerprint density at radius 1 is 1.35 bits per heavy atom. The summed E-state index contributed by atoms with van der Waals surface area (Å²) in [5.74, 6) is 1.68. The normalized spacial score (nSPS) is 31.4. The molecule has 3 nitrogen and oxygen atoms in total. The molecule has 122 valence electrons. The number of pyridine rings is 1. The average molecular weight is 422 g/mol. The first-order valence-corrected chi connectivity index (χ1v) is 9.42. The summed E-state index contributed by atoms with van der Waals surface area (Å²) in [6.45, 7) is 6.98. The van der Waals surface area contributed by atoms with Gasteiger partial charge in [0.2, 0.25) is 0 Å². The summed E-state index contributed by atoms with van der Waals surface area (Å²) in [5, 5.41) is 1.24. The highest BCUT2D eigenvalue weighted by atomic mass is 127. The van der Waals surface area contributed by atoms with E-state index in [4.69, 9.17) is 3.07 Å². The lowest BCUT2D eigenvalue weighted by molar-refractivity contribution is -0.0325. The van der Waals surface area contributed by atoms with E-state index in [1.165, 1.54) is 42.4 Å². The van der Waals surface area contributed by atoms with Crippen molar-refractivity contribution in [1.82, 2.24) is 9.88 Å². The van der Waals surface area contributed by atoms with Gasteiger partial charge in [-0.05, 0) is 61.9 Å². The maximum Gasteiger partial charge on any atom is 0.111 e. The summed E-state index contributed by atoms with van der Waals surface area (Å²) in [4.78, 5) is 7.18. The number of aryl methyl sites for hydroxylation is 1. The first kappa shape index (κ1) is 15.8. The summed E-state index contributed by atoms with van der Waals surface area (Å²) in [6.07, 6.45) is 4.65. The van der Waals surface area contributed by atoms with E-state index in [0.29, 0.717) is 6.04 Å². The zero-order chi connectivity index (χ0) is 16.0. The van der Waals surface area contributed by atoms with Crippen molar-refractivity contribution in [3.05, 3.63) is 41.6 Å². The van der Waals surface area contributed by atoms with Crippen molar-refractivity contribution in [2.24, 2.45) is 11.8 Å². The van der Waals surface area contributed by atoms with Crippen LogP contribution in [0.25, 0.3) is 10.9 Å². The Labute approximate surface area is 152 Å². The molecule has 4 heteroatoms. The van der Waals surface area contributed by atoms with Gasteiger partial charge in [0.05, 0.1) is 5.52 Å². The van der Waals surface area contributed by atoms with E-state index >= 15 is 0 Å². The van der Waals surface area contributed by atoms with Crippen molar-refractivity contribution in [3.63, 3.8) is 0 Å². The molecule has 0 saturated carbocycles. The van der Waals surface area contributed by atoms with Gasteiger partial charge in [0.1, 0.15) is 29.1 Å². The summed E-state index contributed by atoms with van der Waals surface area (Å²) < 4.78 is 6.01. The Balaban J connectivity index is 1.75. The maximum atomic E-state index is 6.01. The van der Waals surface area contributed by atoms with Gasteiger partial charge in [-0.2, -0.15) is 0 Å². The standard InChI is InChI=1S/C19H23IN2O/c1-12-3-4-17-16(9-12)15(5-7-21-17)19(23-20)18-10-14-6-8-22(18)11-13(14)2/h3-5,7,9,13-14,18-19H,6,8,10-11H2,1-2H3. The Hall–Kier alpha value is -0.720. The van der Waals surface area contributed by atoms with Gasteiger partial charge in [0.15, 0.2) is 0 Å². The van der Waals surface area contributed by atoms with Crippen LogP contribution in [0.1, 0.15) is 37.0 Å². The molecule has 0 N–H and O–H groups in total. The number of benzene rings is 1. The SMILES string of the molecule is Cc1ccc2nccc(C(OI)C3CC4CCN3CC4C)c2c1. The van der Waals surface area contributed by atoms with Gasteiger partial charge >= 0.3 is 0 Å². The fourth-order valence-electron chi connectivity index (χ4n) is 4.50. The minimum Gasteiger partial charge on any atom is -0.306 e. The number of aromatic nitrogens is 1. The fraction of sp³-hybridized carbons (Fsp3) is 0.526. The van der Waals surface area contributed by atoms with Crippen molar-refractivity contribution in [2.45, 2.75) is 38.8 Å². The minimum atomic E-state index is 0.123. The third-order valence-electron chi connectivity index (χ3n) is 5.81. The van der Waals surface area contributed by atoms with Crippen molar-refractivity contribution >= 4 is 33.9 Å². The van der Waals surface area contributed by atoms with Gasteiger partial charge < -0.3 is 3.07 Å². The quantitative estimate of drug-likeness (QED) is 0.672. The van der Waals surface area contributed by atoms with E-state index in [0.717, 1.165) is 17.4 Å². The lowest BCUT2D eigenvalue weighted by Gasteiger charge is -2.51. The lowest BCUT2D eigenvalue weighted by Crippen LogP contribution is -2.54. The molecule has 3 fully saturated rings. The molecule has 5 unspecified atom stereocenters. The van der Waals surface area contributed by atoms with E-state index in [1.807, 2.05) is 6.20 Å². The highest BCUT2D eigenvalue weighted by molar-refractivity contribution is 14.1. The number of hydrogen-bond acceptors (Lipinski definition) is 3. The van der Waals surface area contributed by atoms with Crippen LogP contribution in [0.4, 0.5) is 0 Å². The average Bonchev–Trinajstić information content (AvgIpc) is 2.57. The van der Waals surface area contributed by atoms with Crippen LogP contribution in [-0.4, -0.2) is 29.0 Å². The molecule has 0 amide bonds. The van der Waals surface area contributed by atoms with Crippen molar-refractivity contribution in [1.29, 1.82) is 0 Å². The van der Waals surface area contributed by atoms with Crippen LogP contribution >= 0.6 is 23.0 Å². The number of piperidine rings is 3. The highest BCUT2D eigenvalue weighted by Crippen LogP contribution is 2.43. The van der Waals surface area contributed by atoms with Gasteiger partial charge in [-0.25, -0.2) is 0 Å². The number of halogens is 1. The summed E-state index contributed by atoms with van der Waals surface area (Å²) in [5.41, 5.74) is 3.63. The van der Waals surface area contributed by atoms with E-state index in [-0.39, 0.29) is 6.10 Å². The monoisotopic (exact) mass is 422 g/mol. The minimum absolute atomic E-state index is 0.123. The topological polar surface area (TPSA) is 25.4 Å². The Morgan fingerprint density at radius 2 is 2.22 bits per heavy atom. The first-order valence-electron chi connectivity index (χ1n) is 8.54. The van der Waals surface area contributed by atoms with Crippen molar-refractivity contribution in [2.75, 3.05) is 13.1 Å². The van der Waals surface area contributed by atoms with E-state index in [2.05, 4.69) is 71.0 Å². The van der Waals surface area contributed by atoms with Gasteiger partial charge in [-0.15, -0.1) is 0 Å². The van der Waals surface area contributed by atoms with Crippen LogP contribution in [0.2, 0.25) is 0 Å². The first-order chi connectivity index (χ1) is 11.2. The Kier molecular flexibility index (Phi) is 4.32. The van der Waals surface area contributed by atoms with Gasteiger partial charge in [-0.1, -0.05) is 18.6 Å². The molecule has 0 radical (unpaired) electrons. The van der Waals surface area contributed by atoms with E-state index in [9.17, 15) is 0 Å². The maximum absolute atomic E-state index is 6.01. The predicted octanol–water partition coefficient (Wildman–Crippen LogP) is 4.68.